The van der Waals surface area contributed by atoms with Crippen molar-refractivity contribution in [3.8, 4) is 16.9 Å². The fraction of sp³-hybridized carbons (Fsp3) is 0.111. The number of methoxy groups -OCH3 is 1. The van der Waals surface area contributed by atoms with E-state index >= 15 is 0 Å². The van der Waals surface area contributed by atoms with Gasteiger partial charge in [-0.1, -0.05) is 42.5 Å². The zero-order chi connectivity index (χ0) is 14.5. The molecular formula is C18H17NOS. The van der Waals surface area contributed by atoms with Crippen LogP contribution in [0.1, 0.15) is 4.88 Å². The molecule has 3 rings (SSSR count). The molecule has 0 saturated heterocycles. The van der Waals surface area contributed by atoms with Crippen LogP contribution in [0.25, 0.3) is 11.1 Å². The molecule has 1 heterocycles. The lowest BCUT2D eigenvalue weighted by molar-refractivity contribution is 0.416. The Morgan fingerprint density at radius 1 is 0.952 bits per heavy atom. The number of nitrogens with one attached hydrogen (secondary N) is 1. The summed E-state index contributed by atoms with van der Waals surface area (Å²) in [5.74, 6) is 0.873. The minimum absolute atomic E-state index is 0.803. The van der Waals surface area contributed by atoms with Gasteiger partial charge < -0.3 is 10.1 Å². The molecule has 3 aromatic rings. The molecule has 3 heteroatoms. The number of hydrogen-bond donors (Lipinski definition) is 1. The summed E-state index contributed by atoms with van der Waals surface area (Å²) in [6.45, 7) is 0.803. The van der Waals surface area contributed by atoms with Crippen molar-refractivity contribution >= 4 is 17.0 Å². The highest BCUT2D eigenvalue weighted by Crippen LogP contribution is 2.28. The fourth-order valence-corrected chi connectivity index (χ4v) is 3.06. The lowest BCUT2D eigenvalue weighted by Gasteiger charge is -2.09. The second-order valence-electron chi connectivity index (χ2n) is 4.72. The van der Waals surface area contributed by atoms with Crippen LogP contribution in [0.3, 0.4) is 0 Å². The van der Waals surface area contributed by atoms with Gasteiger partial charge in [0.15, 0.2) is 0 Å². The largest absolute Gasteiger partial charge is 0.495 e. The molecule has 106 valence electrons. The van der Waals surface area contributed by atoms with Gasteiger partial charge in [0.1, 0.15) is 5.75 Å². The predicted octanol–water partition coefficient (Wildman–Crippen LogP) is 5.04. The van der Waals surface area contributed by atoms with Gasteiger partial charge in [0.25, 0.3) is 0 Å². The van der Waals surface area contributed by atoms with Crippen molar-refractivity contribution in [2.45, 2.75) is 6.54 Å². The lowest BCUT2D eigenvalue weighted by atomic mass is 10.1. The number of anilines is 1. The van der Waals surface area contributed by atoms with E-state index in [0.717, 1.165) is 18.0 Å². The summed E-state index contributed by atoms with van der Waals surface area (Å²) in [6.07, 6.45) is 0. The van der Waals surface area contributed by atoms with Crippen LogP contribution in [0.4, 0.5) is 5.69 Å². The maximum atomic E-state index is 5.35. The molecule has 21 heavy (non-hydrogen) atoms. The fourth-order valence-electron chi connectivity index (χ4n) is 2.23. The van der Waals surface area contributed by atoms with Crippen molar-refractivity contribution in [3.05, 3.63) is 70.9 Å². The van der Waals surface area contributed by atoms with Crippen LogP contribution in [-0.4, -0.2) is 7.11 Å². The van der Waals surface area contributed by atoms with E-state index in [1.165, 1.54) is 16.0 Å². The molecule has 0 spiro atoms. The Morgan fingerprint density at radius 3 is 2.52 bits per heavy atom. The molecule has 0 saturated carbocycles. The van der Waals surface area contributed by atoms with Crippen molar-refractivity contribution in [3.63, 3.8) is 0 Å². The monoisotopic (exact) mass is 295 g/mol. The maximum Gasteiger partial charge on any atom is 0.141 e. The molecule has 0 bridgehead atoms. The van der Waals surface area contributed by atoms with Gasteiger partial charge in [0, 0.05) is 11.4 Å². The van der Waals surface area contributed by atoms with Crippen molar-refractivity contribution in [2.24, 2.45) is 0 Å². The average molecular weight is 295 g/mol. The number of thiophene rings is 1. The van der Waals surface area contributed by atoms with Crippen molar-refractivity contribution in [1.82, 2.24) is 0 Å². The second-order valence-corrected chi connectivity index (χ2v) is 5.72. The smallest absolute Gasteiger partial charge is 0.141 e. The molecule has 0 atom stereocenters. The van der Waals surface area contributed by atoms with Crippen LogP contribution >= 0.6 is 11.3 Å². The zero-order valence-electron chi connectivity index (χ0n) is 11.9. The Hall–Kier alpha value is -2.26. The summed E-state index contributed by atoms with van der Waals surface area (Å²) in [5.41, 5.74) is 3.56. The number of benzene rings is 2. The third-order valence-corrected chi connectivity index (χ3v) is 4.26. The van der Waals surface area contributed by atoms with Crippen LogP contribution < -0.4 is 10.1 Å². The number of ether oxygens (including phenoxy) is 1. The van der Waals surface area contributed by atoms with Crippen LogP contribution in [-0.2, 0) is 6.54 Å². The molecule has 0 fully saturated rings. The molecule has 0 aliphatic carbocycles. The maximum absolute atomic E-state index is 5.35. The normalized spacial score (nSPS) is 10.3. The van der Waals surface area contributed by atoms with Crippen molar-refractivity contribution in [1.29, 1.82) is 0 Å². The van der Waals surface area contributed by atoms with E-state index in [0.29, 0.717) is 0 Å². The van der Waals surface area contributed by atoms with E-state index in [9.17, 15) is 0 Å². The molecule has 0 radical (unpaired) electrons. The summed E-state index contributed by atoms with van der Waals surface area (Å²) >= 11 is 1.77. The van der Waals surface area contributed by atoms with E-state index in [2.05, 4.69) is 41.0 Å². The Bertz CT molecular complexity index is 706. The quantitative estimate of drug-likeness (QED) is 0.712. The minimum Gasteiger partial charge on any atom is -0.495 e. The molecule has 2 aromatic carbocycles. The average Bonchev–Trinajstić information content (AvgIpc) is 3.03. The van der Waals surface area contributed by atoms with Gasteiger partial charge in [0.2, 0.25) is 0 Å². The standard InChI is InChI=1S/C18H17NOS/c1-20-18-10-6-5-9-17(18)19-12-16-11-15(13-21-16)14-7-3-2-4-8-14/h2-11,13,19H,12H2,1H3. The number of rotatable bonds is 5. The van der Waals surface area contributed by atoms with E-state index in [1.807, 2.05) is 30.3 Å². The van der Waals surface area contributed by atoms with E-state index in [-0.39, 0.29) is 0 Å². The first-order chi connectivity index (χ1) is 10.4. The first-order valence-corrected chi connectivity index (χ1v) is 7.74. The topological polar surface area (TPSA) is 21.3 Å². The lowest BCUT2D eigenvalue weighted by Crippen LogP contribution is -1.99. The third-order valence-electron chi connectivity index (χ3n) is 3.32. The zero-order valence-corrected chi connectivity index (χ0v) is 12.7. The molecule has 0 aliphatic heterocycles. The summed E-state index contributed by atoms with van der Waals surface area (Å²) in [6, 6.07) is 20.7. The van der Waals surface area contributed by atoms with Gasteiger partial charge in [-0.3, -0.25) is 0 Å². The first-order valence-electron chi connectivity index (χ1n) is 6.86. The van der Waals surface area contributed by atoms with Gasteiger partial charge in [0.05, 0.1) is 12.8 Å². The first kappa shape index (κ1) is 13.7. The molecule has 1 aromatic heterocycles. The van der Waals surface area contributed by atoms with E-state index in [4.69, 9.17) is 4.74 Å². The van der Waals surface area contributed by atoms with E-state index in [1.54, 1.807) is 18.4 Å². The Morgan fingerprint density at radius 2 is 1.71 bits per heavy atom. The minimum atomic E-state index is 0.803. The van der Waals surface area contributed by atoms with Crippen molar-refractivity contribution < 1.29 is 4.74 Å². The highest BCUT2D eigenvalue weighted by Gasteiger charge is 2.04. The molecule has 0 aliphatic rings. The van der Waals surface area contributed by atoms with Gasteiger partial charge in [-0.25, -0.2) is 0 Å². The van der Waals surface area contributed by atoms with Crippen LogP contribution in [0.5, 0.6) is 5.75 Å². The van der Waals surface area contributed by atoms with Crippen LogP contribution in [0.15, 0.2) is 66.0 Å². The van der Waals surface area contributed by atoms with Gasteiger partial charge >= 0.3 is 0 Å². The summed E-state index contributed by atoms with van der Waals surface area (Å²) in [7, 11) is 1.69. The van der Waals surface area contributed by atoms with Crippen molar-refractivity contribution in [2.75, 3.05) is 12.4 Å². The summed E-state index contributed by atoms with van der Waals surface area (Å²) in [4.78, 5) is 1.31. The van der Waals surface area contributed by atoms with E-state index < -0.39 is 0 Å². The van der Waals surface area contributed by atoms with Crippen LogP contribution in [0, 0.1) is 0 Å². The summed E-state index contributed by atoms with van der Waals surface area (Å²) < 4.78 is 5.35. The molecular weight excluding hydrogens is 278 g/mol. The third kappa shape index (κ3) is 3.26. The molecule has 0 amide bonds. The molecule has 2 nitrogen and oxygen atoms in total. The summed E-state index contributed by atoms with van der Waals surface area (Å²) in [5, 5.41) is 5.63. The van der Waals surface area contributed by atoms with Gasteiger partial charge in [-0.05, 0) is 34.7 Å². The second kappa shape index (κ2) is 6.46. The van der Waals surface area contributed by atoms with Crippen LogP contribution in [0.2, 0.25) is 0 Å². The van der Waals surface area contributed by atoms with Gasteiger partial charge in [-0.15, -0.1) is 11.3 Å². The number of hydrogen-bond acceptors (Lipinski definition) is 3. The number of para-hydroxylation sites is 2. The Balaban J connectivity index is 1.71. The Labute approximate surface area is 129 Å². The SMILES string of the molecule is COc1ccccc1NCc1cc(-c2ccccc2)cs1. The highest BCUT2D eigenvalue weighted by atomic mass is 32.1. The Kier molecular flexibility index (Phi) is 4.22. The predicted molar refractivity (Wildman–Crippen MR) is 90.1 cm³/mol. The molecule has 0 unspecified atom stereocenters. The van der Waals surface area contributed by atoms with Gasteiger partial charge in [-0.2, -0.15) is 0 Å². The highest BCUT2D eigenvalue weighted by molar-refractivity contribution is 7.10. The molecule has 1 N–H and O–H groups in total.